The summed E-state index contributed by atoms with van der Waals surface area (Å²) in [4.78, 5) is 9.76. The van der Waals surface area contributed by atoms with Gasteiger partial charge >= 0.3 is 0 Å². The van der Waals surface area contributed by atoms with Crippen LogP contribution >= 0.6 is 0 Å². The van der Waals surface area contributed by atoms with Crippen molar-refractivity contribution in [2.24, 2.45) is 0 Å². The van der Waals surface area contributed by atoms with E-state index in [1.165, 1.54) is 0 Å². The molecule has 0 amide bonds. The van der Waals surface area contributed by atoms with Gasteiger partial charge in [0.1, 0.15) is 5.79 Å². The van der Waals surface area contributed by atoms with E-state index < -0.39 is 22.4 Å². The predicted molar refractivity (Wildman–Crippen MR) is 59.4 cm³/mol. The second-order valence-corrected chi connectivity index (χ2v) is 14.1. The molecule has 0 aromatic heterocycles. The van der Waals surface area contributed by atoms with Gasteiger partial charge < -0.3 is 14.3 Å². The fourth-order valence-electron chi connectivity index (χ4n) is 1.75. The first-order valence-corrected chi connectivity index (χ1v) is 10.8. The molecule has 0 bridgehead atoms. The summed E-state index contributed by atoms with van der Waals surface area (Å²) >= 11 is 0. The Labute approximate surface area is 83.0 Å². The van der Waals surface area contributed by atoms with Gasteiger partial charge in [0.25, 0.3) is 0 Å². The quantitative estimate of drug-likeness (QED) is 0.562. The first-order valence-electron chi connectivity index (χ1n) is 4.56. The summed E-state index contributed by atoms with van der Waals surface area (Å²) in [6.07, 6.45) is 0. The lowest BCUT2D eigenvalue weighted by atomic mass is 10.4. The molecule has 0 heterocycles. The van der Waals surface area contributed by atoms with Crippen LogP contribution in [0.4, 0.5) is 0 Å². The monoisotopic (exact) mass is 222 g/mol. The highest BCUT2D eigenvalue weighted by atomic mass is 28.4. The summed E-state index contributed by atoms with van der Waals surface area (Å²) in [7, 11) is -3.98. The van der Waals surface area contributed by atoms with E-state index in [-0.39, 0.29) is 0 Å². The summed E-state index contributed by atoms with van der Waals surface area (Å²) in [5.41, 5.74) is 0.754. The Morgan fingerprint density at radius 3 is 1.77 bits per heavy atom. The average molecular weight is 222 g/mol. The number of aliphatic hydroxyl groups is 1. The van der Waals surface area contributed by atoms with Gasteiger partial charge in [-0.25, -0.2) is 0 Å². The Kier molecular flexibility index (Phi) is 3.91. The second kappa shape index (κ2) is 3.82. The van der Waals surface area contributed by atoms with Crippen LogP contribution in [0, 0.1) is 0 Å². The fourth-order valence-corrected chi connectivity index (χ4v) is 11.7. The van der Waals surface area contributed by atoms with Crippen LogP contribution in [0.2, 0.25) is 31.9 Å². The zero-order valence-corrected chi connectivity index (χ0v) is 11.5. The zero-order valence-electron chi connectivity index (χ0n) is 9.51. The van der Waals surface area contributed by atoms with Crippen LogP contribution in [0.1, 0.15) is 13.8 Å². The maximum Gasteiger partial charge on any atom is 0.190 e. The lowest BCUT2D eigenvalue weighted by molar-refractivity contribution is -0.111. The number of hydrogen-bond acceptors (Lipinski definition) is 3. The first-order chi connectivity index (χ1) is 5.41. The average Bonchev–Trinajstić information content (AvgIpc) is 1.43. The molecule has 0 rings (SSSR count). The standard InChI is InChI=1S/C8H22O3Si2/c1-8(2,9)11-13(5,6)7-12(3,4)10/h9-10H,7H2,1-6H3. The molecule has 5 heteroatoms. The molecule has 0 aromatic carbocycles. The zero-order chi connectivity index (χ0) is 10.9. The van der Waals surface area contributed by atoms with Crippen molar-refractivity contribution in [1.82, 2.24) is 0 Å². The highest BCUT2D eigenvalue weighted by Gasteiger charge is 2.36. The molecular formula is C8H22O3Si2. The third-order valence-electron chi connectivity index (χ3n) is 1.38. The van der Waals surface area contributed by atoms with E-state index in [4.69, 9.17) is 4.43 Å². The van der Waals surface area contributed by atoms with E-state index in [1.54, 1.807) is 13.8 Å². The van der Waals surface area contributed by atoms with Crippen LogP contribution in [0.5, 0.6) is 0 Å². The van der Waals surface area contributed by atoms with Gasteiger partial charge in [-0.05, 0) is 45.7 Å². The molecule has 0 radical (unpaired) electrons. The molecular weight excluding hydrogens is 200 g/mol. The van der Waals surface area contributed by atoms with Crippen LogP contribution in [0.25, 0.3) is 0 Å². The normalized spacial score (nSPS) is 14.8. The molecule has 0 unspecified atom stereocenters. The van der Waals surface area contributed by atoms with E-state index >= 15 is 0 Å². The third kappa shape index (κ3) is 8.64. The molecule has 2 N–H and O–H groups in total. The molecule has 80 valence electrons. The van der Waals surface area contributed by atoms with Gasteiger partial charge in [-0.2, -0.15) is 0 Å². The largest absolute Gasteiger partial charge is 0.432 e. The van der Waals surface area contributed by atoms with E-state index in [2.05, 4.69) is 0 Å². The van der Waals surface area contributed by atoms with Gasteiger partial charge in [0.05, 0.1) is 0 Å². The Hall–Kier alpha value is 0.314. The van der Waals surface area contributed by atoms with Gasteiger partial charge in [-0.15, -0.1) is 0 Å². The van der Waals surface area contributed by atoms with Gasteiger partial charge in [0, 0.05) is 0 Å². The maximum absolute atomic E-state index is 9.76. The molecule has 0 fully saturated rings. The van der Waals surface area contributed by atoms with Gasteiger partial charge in [-0.1, -0.05) is 0 Å². The number of rotatable bonds is 4. The van der Waals surface area contributed by atoms with Crippen LogP contribution < -0.4 is 0 Å². The molecule has 0 aliphatic rings. The van der Waals surface area contributed by atoms with Crippen LogP contribution in [-0.2, 0) is 4.43 Å². The summed E-state index contributed by atoms with van der Waals surface area (Å²) < 4.78 is 5.57. The summed E-state index contributed by atoms with van der Waals surface area (Å²) in [5, 5.41) is 9.50. The van der Waals surface area contributed by atoms with Crippen molar-refractivity contribution >= 4 is 16.6 Å². The summed E-state index contributed by atoms with van der Waals surface area (Å²) in [6.45, 7) is 11.1. The van der Waals surface area contributed by atoms with Crippen molar-refractivity contribution in [3.63, 3.8) is 0 Å². The smallest absolute Gasteiger partial charge is 0.190 e. The van der Waals surface area contributed by atoms with Crippen LogP contribution in [0.3, 0.4) is 0 Å². The molecule has 0 spiro atoms. The SMILES string of the molecule is CC(C)(O)O[Si](C)(C)C[Si](C)(C)O. The molecule has 13 heavy (non-hydrogen) atoms. The van der Waals surface area contributed by atoms with E-state index in [9.17, 15) is 9.90 Å². The van der Waals surface area contributed by atoms with Crippen molar-refractivity contribution in [3.05, 3.63) is 0 Å². The topological polar surface area (TPSA) is 49.7 Å². The molecule has 0 saturated carbocycles. The van der Waals surface area contributed by atoms with Crippen LogP contribution in [0.15, 0.2) is 0 Å². The van der Waals surface area contributed by atoms with E-state index in [1.807, 2.05) is 26.2 Å². The molecule has 0 atom stereocenters. The minimum atomic E-state index is -2.07. The Bertz CT molecular complexity index is 149. The van der Waals surface area contributed by atoms with E-state index in [0.29, 0.717) is 0 Å². The molecule has 3 nitrogen and oxygen atoms in total. The molecule has 0 aromatic rings. The lowest BCUT2D eigenvalue weighted by Gasteiger charge is -2.33. The van der Waals surface area contributed by atoms with Gasteiger partial charge in [0.15, 0.2) is 16.6 Å². The Balaban J connectivity index is 4.25. The minimum absolute atomic E-state index is 0.754. The van der Waals surface area contributed by atoms with Crippen LogP contribution in [-0.4, -0.2) is 32.3 Å². The lowest BCUT2D eigenvalue weighted by Crippen LogP contribution is -2.47. The van der Waals surface area contributed by atoms with Gasteiger partial charge in [0.2, 0.25) is 0 Å². The Morgan fingerprint density at radius 2 is 1.54 bits per heavy atom. The highest BCUT2D eigenvalue weighted by molar-refractivity contribution is 6.89. The van der Waals surface area contributed by atoms with Crippen molar-refractivity contribution in [1.29, 1.82) is 0 Å². The fraction of sp³-hybridized carbons (Fsp3) is 1.00. The summed E-state index contributed by atoms with van der Waals surface area (Å²) in [5.74, 6) is -1.07. The van der Waals surface area contributed by atoms with Crippen molar-refractivity contribution in [2.45, 2.75) is 51.5 Å². The van der Waals surface area contributed by atoms with Crippen molar-refractivity contribution in [2.75, 3.05) is 0 Å². The minimum Gasteiger partial charge on any atom is -0.432 e. The Morgan fingerprint density at radius 1 is 1.15 bits per heavy atom. The number of hydrogen-bond donors (Lipinski definition) is 2. The molecule has 0 aliphatic heterocycles. The van der Waals surface area contributed by atoms with E-state index in [0.717, 1.165) is 5.67 Å². The predicted octanol–water partition coefficient (Wildman–Crippen LogP) is 1.67. The van der Waals surface area contributed by atoms with Crippen molar-refractivity contribution in [3.8, 4) is 0 Å². The third-order valence-corrected chi connectivity index (χ3v) is 9.30. The summed E-state index contributed by atoms with van der Waals surface area (Å²) in [6, 6.07) is 0. The maximum atomic E-state index is 9.76. The molecule has 0 aliphatic carbocycles. The highest BCUT2D eigenvalue weighted by Crippen LogP contribution is 2.23. The second-order valence-electron chi connectivity index (χ2n) is 5.30. The molecule has 0 saturated heterocycles. The first kappa shape index (κ1) is 13.3. The van der Waals surface area contributed by atoms with Gasteiger partial charge in [-0.3, -0.25) is 0 Å². The van der Waals surface area contributed by atoms with Crippen molar-refractivity contribution < 1.29 is 14.3 Å².